The maximum absolute atomic E-state index is 10.8. The highest BCUT2D eigenvalue weighted by Crippen LogP contribution is 2.55. The Morgan fingerprint density at radius 2 is 1.71 bits per heavy atom. The molecule has 0 aromatic heterocycles. The van der Waals surface area contributed by atoms with Crippen LogP contribution in [0.25, 0.3) is 0 Å². The molecule has 4 N–H and O–H groups in total. The van der Waals surface area contributed by atoms with Gasteiger partial charge in [-0.3, -0.25) is 0 Å². The standard InChI is InChI=1S/C21H22Cl2O5/c22-15-4-1-12(2-5-15)7-13-8-14(3-6-16(13)23)21-9-20(10-24,11-28-21)18(26)17(25)19(21)27/h1-6,8,17-19,24-27H,7,9-11H2/t17-,18+,19+,20-,21-/m0/s1. The van der Waals surface area contributed by atoms with Crippen molar-refractivity contribution in [2.75, 3.05) is 13.2 Å². The number of rotatable bonds is 4. The molecule has 0 spiro atoms. The summed E-state index contributed by atoms with van der Waals surface area (Å²) in [5, 5.41) is 42.6. The second kappa shape index (κ2) is 7.26. The summed E-state index contributed by atoms with van der Waals surface area (Å²) >= 11 is 12.3. The second-order valence-corrected chi connectivity index (χ2v) is 8.71. The predicted molar refractivity (Wildman–Crippen MR) is 105 cm³/mol. The monoisotopic (exact) mass is 424 g/mol. The van der Waals surface area contributed by atoms with Crippen LogP contribution >= 0.6 is 23.2 Å². The van der Waals surface area contributed by atoms with E-state index < -0.39 is 29.3 Å². The van der Waals surface area contributed by atoms with Crippen LogP contribution in [0.4, 0.5) is 0 Å². The highest BCUT2D eigenvalue weighted by atomic mass is 35.5. The smallest absolute Gasteiger partial charge is 0.122 e. The highest BCUT2D eigenvalue weighted by molar-refractivity contribution is 6.31. The van der Waals surface area contributed by atoms with Crippen LogP contribution in [0.5, 0.6) is 0 Å². The summed E-state index contributed by atoms with van der Waals surface area (Å²) in [7, 11) is 0. The molecule has 5 nitrogen and oxygen atoms in total. The average molecular weight is 425 g/mol. The van der Waals surface area contributed by atoms with E-state index in [-0.39, 0.29) is 19.6 Å². The molecule has 2 bridgehead atoms. The Balaban J connectivity index is 1.72. The fourth-order valence-corrected chi connectivity index (χ4v) is 4.75. The van der Waals surface area contributed by atoms with Crippen LogP contribution in [0.2, 0.25) is 10.0 Å². The van der Waals surface area contributed by atoms with Gasteiger partial charge in [0.1, 0.15) is 17.8 Å². The molecule has 2 fully saturated rings. The van der Waals surface area contributed by atoms with Gasteiger partial charge in [0.15, 0.2) is 0 Å². The van der Waals surface area contributed by atoms with Gasteiger partial charge in [0.05, 0.1) is 19.3 Å². The number of benzene rings is 2. The van der Waals surface area contributed by atoms with Crippen LogP contribution < -0.4 is 0 Å². The first-order chi connectivity index (χ1) is 13.3. The Morgan fingerprint density at radius 3 is 2.39 bits per heavy atom. The number of ether oxygens (including phenoxy) is 1. The molecule has 0 radical (unpaired) electrons. The molecule has 4 rings (SSSR count). The molecule has 1 saturated heterocycles. The van der Waals surface area contributed by atoms with E-state index >= 15 is 0 Å². The van der Waals surface area contributed by atoms with Gasteiger partial charge in [0.25, 0.3) is 0 Å². The minimum atomic E-state index is -1.42. The first-order valence-electron chi connectivity index (χ1n) is 9.14. The molecule has 28 heavy (non-hydrogen) atoms. The lowest BCUT2D eigenvalue weighted by Crippen LogP contribution is -2.60. The van der Waals surface area contributed by atoms with E-state index in [2.05, 4.69) is 0 Å². The number of aliphatic hydroxyl groups excluding tert-OH is 4. The zero-order valence-electron chi connectivity index (χ0n) is 15.1. The number of fused-ring (bicyclic) bond motifs is 2. The van der Waals surface area contributed by atoms with Gasteiger partial charge in [-0.25, -0.2) is 0 Å². The van der Waals surface area contributed by atoms with Gasteiger partial charge in [-0.05, 0) is 47.7 Å². The third-order valence-corrected chi connectivity index (χ3v) is 6.76. The summed E-state index contributed by atoms with van der Waals surface area (Å²) in [5.74, 6) is 0. The largest absolute Gasteiger partial charge is 0.396 e. The van der Waals surface area contributed by atoms with Crippen LogP contribution in [-0.2, 0) is 16.8 Å². The zero-order chi connectivity index (χ0) is 20.1. The van der Waals surface area contributed by atoms with Crippen LogP contribution in [0.15, 0.2) is 42.5 Å². The summed E-state index contributed by atoms with van der Waals surface area (Å²) in [6.45, 7) is -0.293. The van der Waals surface area contributed by atoms with Crippen molar-refractivity contribution in [3.8, 4) is 0 Å². The van der Waals surface area contributed by atoms with Crippen molar-refractivity contribution in [1.82, 2.24) is 0 Å². The summed E-state index contributed by atoms with van der Waals surface area (Å²) < 4.78 is 5.97. The van der Waals surface area contributed by atoms with Gasteiger partial charge in [-0.1, -0.05) is 47.5 Å². The molecule has 0 amide bonds. The van der Waals surface area contributed by atoms with E-state index in [1.165, 1.54) is 0 Å². The van der Waals surface area contributed by atoms with Gasteiger partial charge >= 0.3 is 0 Å². The molecular weight excluding hydrogens is 403 g/mol. The van der Waals surface area contributed by atoms with E-state index in [0.717, 1.165) is 11.1 Å². The van der Waals surface area contributed by atoms with Crippen LogP contribution in [0.1, 0.15) is 23.1 Å². The molecule has 2 aromatic carbocycles. The summed E-state index contributed by atoms with van der Waals surface area (Å²) in [5.41, 5.74) is 0.316. The van der Waals surface area contributed by atoms with Crippen molar-refractivity contribution in [3.05, 3.63) is 69.2 Å². The molecule has 1 heterocycles. The Hall–Kier alpha value is -1.18. The topological polar surface area (TPSA) is 90.2 Å². The number of hydrogen-bond acceptors (Lipinski definition) is 5. The van der Waals surface area contributed by atoms with Crippen molar-refractivity contribution in [3.63, 3.8) is 0 Å². The molecule has 2 aliphatic rings. The molecule has 1 aliphatic heterocycles. The van der Waals surface area contributed by atoms with Crippen molar-refractivity contribution < 1.29 is 25.2 Å². The van der Waals surface area contributed by atoms with Gasteiger partial charge in [-0.2, -0.15) is 0 Å². The number of hydrogen-bond donors (Lipinski definition) is 4. The first kappa shape index (κ1) is 20.1. The molecule has 5 atom stereocenters. The van der Waals surface area contributed by atoms with Crippen LogP contribution in [-0.4, -0.2) is 52.0 Å². The van der Waals surface area contributed by atoms with E-state index in [1.807, 2.05) is 30.3 Å². The van der Waals surface area contributed by atoms with Gasteiger partial charge < -0.3 is 25.2 Å². The fourth-order valence-electron chi connectivity index (χ4n) is 4.44. The van der Waals surface area contributed by atoms with Gasteiger partial charge in [-0.15, -0.1) is 0 Å². The molecular formula is C21H22Cl2O5. The Morgan fingerprint density at radius 1 is 1.00 bits per heavy atom. The third kappa shape index (κ3) is 3.06. The predicted octanol–water partition coefficient (Wildman–Crippen LogP) is 2.27. The molecule has 1 saturated carbocycles. The Kier molecular flexibility index (Phi) is 5.21. The maximum atomic E-state index is 10.8. The molecule has 150 valence electrons. The van der Waals surface area contributed by atoms with E-state index in [4.69, 9.17) is 27.9 Å². The molecule has 1 aliphatic carbocycles. The van der Waals surface area contributed by atoms with Gasteiger partial charge in [0.2, 0.25) is 0 Å². The molecule has 2 aromatic rings. The lowest BCUT2D eigenvalue weighted by molar-refractivity contribution is -0.188. The zero-order valence-corrected chi connectivity index (χ0v) is 16.6. The quantitative estimate of drug-likeness (QED) is 0.604. The lowest BCUT2D eigenvalue weighted by atomic mass is 9.64. The Bertz CT molecular complexity index is 874. The van der Waals surface area contributed by atoms with Crippen LogP contribution in [0.3, 0.4) is 0 Å². The molecule has 0 unspecified atom stereocenters. The van der Waals surface area contributed by atoms with Crippen molar-refractivity contribution in [2.24, 2.45) is 5.41 Å². The number of halogens is 2. The van der Waals surface area contributed by atoms with Crippen molar-refractivity contribution in [2.45, 2.75) is 36.8 Å². The SMILES string of the molecule is OC[C@]12CO[C@](c3ccc(Cl)c(Cc4ccc(Cl)cc4)c3)(C1)[C@H](O)[C@@H](O)[C@H]2O. The Labute approximate surface area is 173 Å². The lowest BCUT2D eigenvalue weighted by Gasteiger charge is -2.46. The summed E-state index contributed by atoms with van der Waals surface area (Å²) in [4.78, 5) is 0. The number of aliphatic hydroxyl groups is 4. The normalized spacial score (nSPS) is 34.6. The minimum Gasteiger partial charge on any atom is -0.396 e. The maximum Gasteiger partial charge on any atom is 0.122 e. The first-order valence-corrected chi connectivity index (χ1v) is 9.89. The van der Waals surface area contributed by atoms with Crippen molar-refractivity contribution in [1.29, 1.82) is 0 Å². The third-order valence-electron chi connectivity index (χ3n) is 6.14. The highest BCUT2D eigenvalue weighted by Gasteiger charge is 2.65. The summed E-state index contributed by atoms with van der Waals surface area (Å²) in [6, 6.07) is 12.8. The minimum absolute atomic E-state index is 0.0495. The van der Waals surface area contributed by atoms with Crippen LogP contribution in [0, 0.1) is 5.41 Å². The average Bonchev–Trinajstić information content (AvgIpc) is 3.08. The van der Waals surface area contributed by atoms with E-state index in [9.17, 15) is 20.4 Å². The molecule has 7 heteroatoms. The van der Waals surface area contributed by atoms with Crippen molar-refractivity contribution >= 4 is 23.2 Å². The van der Waals surface area contributed by atoms with E-state index in [0.29, 0.717) is 22.0 Å². The van der Waals surface area contributed by atoms with Gasteiger partial charge in [0, 0.05) is 15.5 Å². The van der Waals surface area contributed by atoms with E-state index in [1.54, 1.807) is 12.1 Å². The summed E-state index contributed by atoms with van der Waals surface area (Å²) in [6.07, 6.45) is -3.23. The fraction of sp³-hybridized carbons (Fsp3) is 0.429. The second-order valence-electron chi connectivity index (χ2n) is 7.87.